The Morgan fingerprint density at radius 1 is 0.926 bits per heavy atom. The van der Waals surface area contributed by atoms with Crippen molar-refractivity contribution in [3.8, 4) is 0 Å². The third-order valence-electron chi connectivity index (χ3n) is 4.02. The Kier molecular flexibility index (Phi) is 5.56. The van der Waals surface area contributed by atoms with Gasteiger partial charge in [0.25, 0.3) is 11.8 Å². The third-order valence-corrected chi connectivity index (χ3v) is 4.02. The summed E-state index contributed by atoms with van der Waals surface area (Å²) in [5, 5.41) is 5.30. The molecule has 1 aromatic heterocycles. The van der Waals surface area contributed by atoms with Gasteiger partial charge in [0, 0.05) is 17.4 Å². The van der Waals surface area contributed by atoms with E-state index >= 15 is 0 Å². The fourth-order valence-electron chi connectivity index (χ4n) is 2.59. The van der Waals surface area contributed by atoms with Crippen molar-refractivity contribution in [2.45, 2.75) is 13.3 Å². The number of aromatic nitrogens is 1. The number of carbonyl (C=O) groups excluding carboxylic acids is 2. The molecule has 0 bridgehead atoms. The monoisotopic (exact) mass is 363 g/mol. The lowest BCUT2D eigenvalue weighted by molar-refractivity contribution is 0.102. The van der Waals surface area contributed by atoms with Gasteiger partial charge in [0.15, 0.2) is 0 Å². The number of para-hydroxylation sites is 2. The number of hydrogen-bond acceptors (Lipinski definition) is 3. The topological polar surface area (TPSA) is 71.1 Å². The average Bonchev–Trinajstić information content (AvgIpc) is 2.70. The van der Waals surface area contributed by atoms with Crippen LogP contribution in [0.25, 0.3) is 0 Å². The predicted molar refractivity (Wildman–Crippen MR) is 102 cm³/mol. The number of halogens is 1. The number of nitrogens with zero attached hydrogens (tertiary/aromatic N) is 1. The van der Waals surface area contributed by atoms with Crippen molar-refractivity contribution >= 4 is 23.2 Å². The van der Waals surface area contributed by atoms with Gasteiger partial charge in [-0.25, -0.2) is 4.39 Å². The highest BCUT2D eigenvalue weighted by Gasteiger charge is 2.14. The van der Waals surface area contributed by atoms with E-state index in [1.54, 1.807) is 6.07 Å². The summed E-state index contributed by atoms with van der Waals surface area (Å²) in [6.07, 6.45) is 2.14. The first-order valence-corrected chi connectivity index (χ1v) is 8.49. The number of rotatable bonds is 5. The van der Waals surface area contributed by atoms with Crippen molar-refractivity contribution in [2.75, 3.05) is 10.6 Å². The maximum Gasteiger partial charge on any atom is 0.274 e. The number of anilines is 2. The third kappa shape index (κ3) is 4.36. The van der Waals surface area contributed by atoms with Crippen LogP contribution >= 0.6 is 0 Å². The minimum absolute atomic E-state index is 0.0715. The number of hydrogen-bond donors (Lipinski definition) is 2. The molecule has 2 amide bonds. The summed E-state index contributed by atoms with van der Waals surface area (Å²) in [5.74, 6) is -1.48. The second-order valence-electron chi connectivity index (χ2n) is 5.83. The van der Waals surface area contributed by atoms with Gasteiger partial charge in [-0.2, -0.15) is 0 Å². The van der Waals surface area contributed by atoms with Gasteiger partial charge in [-0.05, 0) is 42.3 Å². The van der Waals surface area contributed by atoms with Crippen molar-refractivity contribution in [1.82, 2.24) is 4.98 Å². The molecule has 3 aromatic rings. The maximum absolute atomic E-state index is 13.7. The molecule has 0 radical (unpaired) electrons. The fourth-order valence-corrected chi connectivity index (χ4v) is 2.59. The molecule has 0 saturated heterocycles. The number of nitrogens with one attached hydrogen (secondary N) is 2. The Morgan fingerprint density at radius 2 is 1.59 bits per heavy atom. The van der Waals surface area contributed by atoms with E-state index in [1.165, 1.54) is 36.5 Å². The maximum atomic E-state index is 13.7. The van der Waals surface area contributed by atoms with E-state index in [9.17, 15) is 14.0 Å². The van der Waals surface area contributed by atoms with Crippen LogP contribution in [0, 0.1) is 5.82 Å². The van der Waals surface area contributed by atoms with E-state index in [4.69, 9.17) is 0 Å². The number of aryl methyl sites for hydroxylation is 1. The number of amides is 2. The van der Waals surface area contributed by atoms with Crippen LogP contribution < -0.4 is 10.6 Å². The lowest BCUT2D eigenvalue weighted by atomic mass is 10.1. The predicted octanol–water partition coefficient (Wildman–Crippen LogP) is 4.29. The van der Waals surface area contributed by atoms with Gasteiger partial charge in [-0.1, -0.05) is 37.3 Å². The van der Waals surface area contributed by atoms with Crippen LogP contribution in [0.3, 0.4) is 0 Å². The molecule has 6 heteroatoms. The molecule has 0 aliphatic carbocycles. The van der Waals surface area contributed by atoms with Gasteiger partial charge >= 0.3 is 0 Å². The van der Waals surface area contributed by atoms with Crippen LogP contribution in [0.1, 0.15) is 33.3 Å². The normalized spacial score (nSPS) is 10.3. The lowest BCUT2D eigenvalue weighted by Gasteiger charge is -2.10. The van der Waals surface area contributed by atoms with Gasteiger partial charge in [0.2, 0.25) is 0 Å². The van der Waals surface area contributed by atoms with Gasteiger partial charge in [0.1, 0.15) is 11.5 Å². The van der Waals surface area contributed by atoms with Gasteiger partial charge in [-0.3, -0.25) is 14.6 Å². The van der Waals surface area contributed by atoms with Crippen LogP contribution in [0.4, 0.5) is 15.8 Å². The van der Waals surface area contributed by atoms with Crippen LogP contribution in [-0.4, -0.2) is 16.8 Å². The SMILES string of the molecule is CCc1ccccc1NC(=O)c1cc(C(=O)Nc2ccccc2F)ccn1. The highest BCUT2D eigenvalue weighted by Crippen LogP contribution is 2.17. The average molecular weight is 363 g/mol. The molecule has 5 nitrogen and oxygen atoms in total. The Labute approximate surface area is 156 Å². The first-order valence-electron chi connectivity index (χ1n) is 8.49. The van der Waals surface area contributed by atoms with Gasteiger partial charge in [0.05, 0.1) is 5.69 Å². The summed E-state index contributed by atoms with van der Waals surface area (Å²) >= 11 is 0. The lowest BCUT2D eigenvalue weighted by Crippen LogP contribution is -2.17. The summed E-state index contributed by atoms with van der Waals surface area (Å²) in [6.45, 7) is 2.00. The zero-order valence-corrected chi connectivity index (χ0v) is 14.7. The minimum atomic E-state index is -0.533. The van der Waals surface area contributed by atoms with Crippen LogP contribution in [0.2, 0.25) is 0 Å². The van der Waals surface area contributed by atoms with Gasteiger partial charge < -0.3 is 10.6 Å². The van der Waals surface area contributed by atoms with Crippen LogP contribution in [-0.2, 0) is 6.42 Å². The van der Waals surface area contributed by atoms with Gasteiger partial charge in [-0.15, -0.1) is 0 Å². The van der Waals surface area contributed by atoms with E-state index in [-0.39, 0.29) is 16.9 Å². The molecule has 0 fully saturated rings. The zero-order valence-electron chi connectivity index (χ0n) is 14.7. The molecular weight excluding hydrogens is 345 g/mol. The Bertz CT molecular complexity index is 988. The first-order chi connectivity index (χ1) is 13.1. The molecule has 0 atom stereocenters. The summed E-state index contributed by atoms with van der Waals surface area (Å²) < 4.78 is 13.7. The minimum Gasteiger partial charge on any atom is -0.320 e. The molecule has 0 aliphatic heterocycles. The second kappa shape index (κ2) is 8.23. The molecule has 136 valence electrons. The largest absolute Gasteiger partial charge is 0.320 e. The Hall–Kier alpha value is -3.54. The summed E-state index contributed by atoms with van der Waals surface area (Å²) in [6, 6.07) is 16.2. The van der Waals surface area contributed by atoms with Crippen molar-refractivity contribution in [1.29, 1.82) is 0 Å². The van der Waals surface area contributed by atoms with Crippen LogP contribution in [0.15, 0.2) is 66.9 Å². The first kappa shape index (κ1) is 18.3. The quantitative estimate of drug-likeness (QED) is 0.710. The Balaban J connectivity index is 1.77. The molecule has 0 spiro atoms. The Morgan fingerprint density at radius 3 is 2.33 bits per heavy atom. The van der Waals surface area contributed by atoms with E-state index in [1.807, 2.05) is 31.2 Å². The van der Waals surface area contributed by atoms with E-state index in [0.29, 0.717) is 5.69 Å². The van der Waals surface area contributed by atoms with E-state index in [0.717, 1.165) is 12.0 Å². The summed E-state index contributed by atoms with van der Waals surface area (Å²) in [5.41, 5.74) is 2.08. The summed E-state index contributed by atoms with van der Waals surface area (Å²) in [7, 11) is 0. The molecular formula is C21H18FN3O2. The molecule has 0 saturated carbocycles. The standard InChI is InChI=1S/C21H18FN3O2/c1-2-14-7-3-5-9-17(14)24-21(27)19-13-15(11-12-23-19)20(26)25-18-10-6-4-8-16(18)22/h3-13H,2H2,1H3,(H,24,27)(H,25,26). The molecule has 27 heavy (non-hydrogen) atoms. The van der Waals surface area contributed by atoms with Crippen molar-refractivity contribution < 1.29 is 14.0 Å². The number of pyridine rings is 1. The second-order valence-corrected chi connectivity index (χ2v) is 5.83. The molecule has 0 unspecified atom stereocenters. The molecule has 3 rings (SSSR count). The molecule has 1 heterocycles. The van der Waals surface area contributed by atoms with Crippen LogP contribution in [0.5, 0.6) is 0 Å². The molecule has 0 aliphatic rings. The highest BCUT2D eigenvalue weighted by molar-refractivity contribution is 6.08. The van der Waals surface area contributed by atoms with Crippen molar-refractivity contribution in [2.24, 2.45) is 0 Å². The van der Waals surface area contributed by atoms with Crippen molar-refractivity contribution in [3.63, 3.8) is 0 Å². The summed E-state index contributed by atoms with van der Waals surface area (Å²) in [4.78, 5) is 28.9. The number of carbonyl (C=O) groups is 2. The smallest absolute Gasteiger partial charge is 0.274 e. The highest BCUT2D eigenvalue weighted by atomic mass is 19.1. The number of benzene rings is 2. The molecule has 2 N–H and O–H groups in total. The van der Waals surface area contributed by atoms with E-state index < -0.39 is 17.6 Å². The van der Waals surface area contributed by atoms with E-state index in [2.05, 4.69) is 15.6 Å². The molecule has 2 aromatic carbocycles. The zero-order chi connectivity index (χ0) is 19.2. The van der Waals surface area contributed by atoms with Crippen molar-refractivity contribution in [3.05, 3.63) is 89.5 Å². The fraction of sp³-hybridized carbons (Fsp3) is 0.0952.